The zero-order valence-electron chi connectivity index (χ0n) is 13.3. The first kappa shape index (κ1) is 17.0. The normalized spacial score (nSPS) is 19.4. The number of hydrogen-bond acceptors (Lipinski definition) is 4. The predicted octanol–water partition coefficient (Wildman–Crippen LogP) is -1.97. The first-order valence-corrected chi connectivity index (χ1v) is 7.51. The van der Waals surface area contributed by atoms with E-state index in [-0.39, 0.29) is 30.9 Å². The maximum Gasteiger partial charge on any atom is 0.365 e. The quantitative estimate of drug-likeness (QED) is 0.549. The molecule has 1 heterocycles. The number of fused-ring (bicyclic) bond motifs is 1. The van der Waals surface area contributed by atoms with Gasteiger partial charge in [-0.2, -0.15) is 0 Å². The Kier molecular flexibility index (Phi) is 5.70. The second kappa shape index (κ2) is 7.73. The molecule has 2 amide bonds. The van der Waals surface area contributed by atoms with E-state index in [0.717, 1.165) is 16.0 Å². The Balaban J connectivity index is 2.06. The molecule has 0 spiro atoms. The lowest BCUT2D eigenvalue weighted by atomic mass is 9.94. The molecular weight excluding hydrogens is 298 g/mol. The fourth-order valence-electron chi connectivity index (χ4n) is 2.78. The van der Waals surface area contributed by atoms with E-state index in [2.05, 4.69) is 10.6 Å². The molecule has 2 rings (SSSR count). The molecule has 0 radical (unpaired) electrons. The molecule has 2 atom stereocenters. The van der Waals surface area contributed by atoms with Gasteiger partial charge in [-0.15, -0.1) is 0 Å². The Morgan fingerprint density at radius 1 is 1.22 bits per heavy atom. The van der Waals surface area contributed by atoms with E-state index in [9.17, 15) is 14.4 Å². The Hall–Kier alpha value is -2.41. The third-order valence-electron chi connectivity index (χ3n) is 4.05. The Morgan fingerprint density at radius 2 is 1.91 bits per heavy atom. The Bertz CT molecular complexity index is 603. The first-order chi connectivity index (χ1) is 11.0. The second-order valence-corrected chi connectivity index (χ2v) is 5.51. The summed E-state index contributed by atoms with van der Waals surface area (Å²) >= 11 is 0. The van der Waals surface area contributed by atoms with E-state index in [0.29, 0.717) is 13.0 Å². The molecule has 0 saturated carbocycles. The number of likely N-dealkylation sites (N-methyl/N-ethyl adjacent to an activating group) is 1. The largest absolute Gasteiger partial charge is 0.465 e. The number of nitrogens with one attached hydrogen (secondary N) is 3. The highest BCUT2D eigenvalue weighted by Crippen LogP contribution is 2.14. The van der Waals surface area contributed by atoms with Crippen LogP contribution in [0.2, 0.25) is 0 Å². The molecular formula is C16H22N3O4+. The van der Waals surface area contributed by atoms with E-state index < -0.39 is 6.04 Å². The predicted molar refractivity (Wildman–Crippen MR) is 82.6 cm³/mol. The molecule has 7 heteroatoms. The summed E-state index contributed by atoms with van der Waals surface area (Å²) in [5.74, 6) is -0.854. The van der Waals surface area contributed by atoms with Gasteiger partial charge < -0.3 is 20.3 Å². The summed E-state index contributed by atoms with van der Waals surface area (Å²) in [6.07, 6.45) is 0.543. The number of rotatable bonds is 5. The molecule has 0 aromatic heterocycles. The van der Waals surface area contributed by atoms with Crippen LogP contribution in [0, 0.1) is 0 Å². The van der Waals surface area contributed by atoms with Crippen molar-refractivity contribution in [1.82, 2.24) is 10.6 Å². The standard InChI is InChI=1S/C16H21N3O4/c1-17-14(20)8-18-15(21)10-19-9-12-6-4-3-5-11(12)7-13(19)16(22)23-2/h3-6,13H,7-10H2,1-2H3,(H,17,20)(H,18,21)/p+1/t13-/m0/s1. The number of methoxy groups -OCH3 is 1. The lowest BCUT2D eigenvalue weighted by Gasteiger charge is -2.31. The Morgan fingerprint density at radius 3 is 2.57 bits per heavy atom. The van der Waals surface area contributed by atoms with Gasteiger partial charge in [0.2, 0.25) is 5.91 Å². The Labute approximate surface area is 135 Å². The van der Waals surface area contributed by atoms with E-state index in [4.69, 9.17) is 4.74 Å². The molecule has 0 aliphatic carbocycles. The SMILES string of the molecule is CNC(=O)CNC(=O)C[NH+]1Cc2ccccc2C[C@H]1C(=O)OC. The summed E-state index contributed by atoms with van der Waals surface area (Å²) in [4.78, 5) is 36.1. The lowest BCUT2D eigenvalue weighted by Crippen LogP contribution is -3.17. The van der Waals surface area contributed by atoms with Crippen molar-refractivity contribution < 1.29 is 24.0 Å². The fraction of sp³-hybridized carbons (Fsp3) is 0.438. The van der Waals surface area contributed by atoms with Crippen LogP contribution in [-0.2, 0) is 32.1 Å². The minimum absolute atomic E-state index is 0.0674. The van der Waals surface area contributed by atoms with Gasteiger partial charge in [0.15, 0.2) is 12.6 Å². The number of hydrogen-bond donors (Lipinski definition) is 3. The van der Waals surface area contributed by atoms with Gasteiger partial charge in [-0.05, 0) is 5.56 Å². The molecule has 7 nitrogen and oxygen atoms in total. The molecule has 23 heavy (non-hydrogen) atoms. The van der Waals surface area contributed by atoms with Gasteiger partial charge in [-0.1, -0.05) is 24.3 Å². The highest BCUT2D eigenvalue weighted by atomic mass is 16.5. The average Bonchev–Trinajstić information content (AvgIpc) is 2.58. The summed E-state index contributed by atoms with van der Waals surface area (Å²) in [7, 11) is 2.86. The molecule has 124 valence electrons. The molecule has 0 saturated heterocycles. The highest BCUT2D eigenvalue weighted by molar-refractivity contribution is 5.85. The number of carbonyl (C=O) groups excluding carboxylic acids is 3. The molecule has 3 N–H and O–H groups in total. The maximum atomic E-state index is 12.0. The van der Waals surface area contributed by atoms with Crippen LogP contribution >= 0.6 is 0 Å². The van der Waals surface area contributed by atoms with Gasteiger partial charge in [0.1, 0.15) is 6.54 Å². The number of esters is 1. The van der Waals surface area contributed by atoms with Gasteiger partial charge in [0.05, 0.1) is 13.7 Å². The van der Waals surface area contributed by atoms with Crippen LogP contribution < -0.4 is 15.5 Å². The molecule has 1 aromatic rings. The third kappa shape index (κ3) is 4.29. The summed E-state index contributed by atoms with van der Waals surface area (Å²) in [6.45, 7) is 0.622. The molecule has 1 aromatic carbocycles. The highest BCUT2D eigenvalue weighted by Gasteiger charge is 2.37. The average molecular weight is 320 g/mol. The molecule has 1 unspecified atom stereocenters. The van der Waals surface area contributed by atoms with Crippen LogP contribution in [-0.4, -0.2) is 51.1 Å². The van der Waals surface area contributed by atoms with Crippen molar-refractivity contribution in [1.29, 1.82) is 0 Å². The summed E-state index contributed by atoms with van der Waals surface area (Å²) < 4.78 is 4.88. The van der Waals surface area contributed by atoms with Crippen molar-refractivity contribution in [3.8, 4) is 0 Å². The number of ether oxygens (including phenoxy) is 1. The van der Waals surface area contributed by atoms with Crippen LogP contribution in [0.1, 0.15) is 11.1 Å². The van der Waals surface area contributed by atoms with E-state index in [1.807, 2.05) is 24.3 Å². The summed E-state index contributed by atoms with van der Waals surface area (Å²) in [5, 5.41) is 5.00. The van der Waals surface area contributed by atoms with Crippen LogP contribution in [0.25, 0.3) is 0 Å². The summed E-state index contributed by atoms with van der Waals surface area (Å²) in [5.41, 5.74) is 2.24. The van der Waals surface area contributed by atoms with Crippen LogP contribution in [0.3, 0.4) is 0 Å². The van der Waals surface area contributed by atoms with Gasteiger partial charge in [-0.3, -0.25) is 9.59 Å². The van der Waals surface area contributed by atoms with Gasteiger partial charge in [-0.25, -0.2) is 4.79 Å². The molecule has 1 aliphatic heterocycles. The fourth-order valence-corrected chi connectivity index (χ4v) is 2.78. The zero-order chi connectivity index (χ0) is 16.8. The summed E-state index contributed by atoms with van der Waals surface area (Å²) in [6, 6.07) is 7.47. The van der Waals surface area contributed by atoms with Crippen LogP contribution in [0.4, 0.5) is 0 Å². The number of amides is 2. The second-order valence-electron chi connectivity index (χ2n) is 5.51. The van der Waals surface area contributed by atoms with Crippen molar-refractivity contribution >= 4 is 17.8 Å². The molecule has 1 aliphatic rings. The third-order valence-corrected chi connectivity index (χ3v) is 4.05. The molecule has 0 bridgehead atoms. The topological polar surface area (TPSA) is 88.9 Å². The minimum atomic E-state index is -0.416. The van der Waals surface area contributed by atoms with E-state index in [1.54, 1.807) is 0 Å². The number of benzene rings is 1. The van der Waals surface area contributed by atoms with Crippen LogP contribution in [0.15, 0.2) is 24.3 Å². The van der Waals surface area contributed by atoms with Crippen molar-refractivity contribution in [3.63, 3.8) is 0 Å². The molecule has 0 fully saturated rings. The van der Waals surface area contributed by atoms with Crippen molar-refractivity contribution in [2.24, 2.45) is 0 Å². The van der Waals surface area contributed by atoms with E-state index >= 15 is 0 Å². The first-order valence-electron chi connectivity index (χ1n) is 7.51. The van der Waals surface area contributed by atoms with E-state index in [1.165, 1.54) is 14.2 Å². The number of quaternary nitrogens is 1. The van der Waals surface area contributed by atoms with Gasteiger partial charge >= 0.3 is 5.97 Å². The maximum absolute atomic E-state index is 12.0. The number of carbonyl (C=O) groups is 3. The monoisotopic (exact) mass is 320 g/mol. The van der Waals surface area contributed by atoms with Crippen molar-refractivity contribution in [3.05, 3.63) is 35.4 Å². The lowest BCUT2D eigenvalue weighted by molar-refractivity contribution is -0.924. The zero-order valence-corrected chi connectivity index (χ0v) is 13.3. The minimum Gasteiger partial charge on any atom is -0.465 e. The van der Waals surface area contributed by atoms with Gasteiger partial charge in [0.25, 0.3) is 5.91 Å². The van der Waals surface area contributed by atoms with Gasteiger partial charge in [0, 0.05) is 19.0 Å². The van der Waals surface area contributed by atoms with Crippen LogP contribution in [0.5, 0.6) is 0 Å². The van der Waals surface area contributed by atoms with Crippen molar-refractivity contribution in [2.45, 2.75) is 19.0 Å². The smallest absolute Gasteiger partial charge is 0.365 e. The van der Waals surface area contributed by atoms with Crippen molar-refractivity contribution in [2.75, 3.05) is 27.2 Å².